The molecule has 3 N–H and O–H groups in total. The van der Waals surface area contributed by atoms with E-state index < -0.39 is 7.60 Å². The lowest BCUT2D eigenvalue weighted by Crippen LogP contribution is -2.15. The van der Waals surface area contributed by atoms with Gasteiger partial charge in [-0.3, -0.25) is 9.36 Å². The molecule has 0 aliphatic rings. The van der Waals surface area contributed by atoms with E-state index in [1.807, 2.05) is 0 Å². The fourth-order valence-corrected chi connectivity index (χ4v) is 3.33. The number of fused-ring (bicyclic) bond motifs is 1. The van der Waals surface area contributed by atoms with Crippen LogP contribution in [0.3, 0.4) is 0 Å². The fraction of sp³-hybridized carbons (Fsp3) is 0.182. The first-order valence-corrected chi connectivity index (χ1v) is 7.79. The largest absolute Gasteiger partial charge is 0.354 e. The molecule has 96 valence electrons. The number of hydrogen-bond acceptors (Lipinski definition) is 3. The van der Waals surface area contributed by atoms with Crippen molar-refractivity contribution in [2.45, 2.75) is 6.16 Å². The van der Waals surface area contributed by atoms with Crippen LogP contribution in [0.25, 0.3) is 10.1 Å². The minimum Gasteiger partial charge on any atom is -0.354 e. The van der Waals surface area contributed by atoms with Crippen molar-refractivity contribution in [2.24, 2.45) is 0 Å². The average Bonchev–Trinajstić information content (AvgIpc) is 2.68. The fourth-order valence-electron chi connectivity index (χ4n) is 1.66. The summed E-state index contributed by atoms with van der Waals surface area (Å²) in [7, 11) is -2.50. The maximum absolute atomic E-state index is 11.5. The molecule has 0 aliphatic heterocycles. The van der Waals surface area contributed by atoms with Crippen LogP contribution >= 0.6 is 18.9 Å². The monoisotopic (exact) mass is 285 g/mol. The van der Waals surface area contributed by atoms with E-state index in [9.17, 15) is 9.36 Å². The quantitative estimate of drug-likeness (QED) is 0.752. The van der Waals surface area contributed by atoms with Gasteiger partial charge in [0.15, 0.2) is 0 Å². The lowest BCUT2D eigenvalue weighted by Gasteiger charge is -2.03. The minimum atomic E-state index is -4.06. The molecule has 5 nitrogen and oxygen atoms in total. The molecule has 18 heavy (non-hydrogen) atoms. The van der Waals surface area contributed by atoms with E-state index in [0.29, 0.717) is 10.4 Å². The summed E-state index contributed by atoms with van der Waals surface area (Å²) in [6, 6.07) is 6.88. The van der Waals surface area contributed by atoms with Crippen LogP contribution in [0.4, 0.5) is 0 Å². The van der Waals surface area contributed by atoms with Crippen LogP contribution in [0.2, 0.25) is 0 Å². The molecule has 7 heteroatoms. The molecule has 0 aliphatic carbocycles. The summed E-state index contributed by atoms with van der Waals surface area (Å²) in [4.78, 5) is 29.9. The van der Waals surface area contributed by atoms with Gasteiger partial charge in [-0.15, -0.1) is 11.3 Å². The van der Waals surface area contributed by atoms with Gasteiger partial charge in [-0.2, -0.15) is 0 Å². The van der Waals surface area contributed by atoms with E-state index in [-0.39, 0.29) is 12.1 Å². The predicted octanol–water partition coefficient (Wildman–Crippen LogP) is 1.94. The van der Waals surface area contributed by atoms with Crippen LogP contribution < -0.4 is 5.32 Å². The number of amides is 1. The standard InChI is InChI=1S/C11H12NO4PS/c1-12-11(13)10-5-8-4-7(6-17(14,15)16)2-3-9(8)18-10/h2-5H,6H2,1H3,(H,12,13)(H2,14,15,16). The van der Waals surface area contributed by atoms with Gasteiger partial charge in [0.1, 0.15) is 0 Å². The SMILES string of the molecule is CNC(=O)c1cc2cc(CP(=O)(O)O)ccc2s1. The number of carbonyl (C=O) groups excluding carboxylic acids is 1. The summed E-state index contributed by atoms with van der Waals surface area (Å²) in [5.41, 5.74) is 0.567. The van der Waals surface area contributed by atoms with Gasteiger partial charge in [-0.25, -0.2) is 0 Å². The first kappa shape index (κ1) is 13.2. The van der Waals surface area contributed by atoms with Gasteiger partial charge in [0.05, 0.1) is 11.0 Å². The zero-order valence-corrected chi connectivity index (χ0v) is 11.3. The third-order valence-corrected chi connectivity index (χ3v) is 4.31. The second-order valence-corrected chi connectivity index (χ2v) is 6.61. The molecule has 1 aromatic carbocycles. The molecule has 2 rings (SSSR count). The van der Waals surface area contributed by atoms with Crippen molar-refractivity contribution in [3.63, 3.8) is 0 Å². The highest BCUT2D eigenvalue weighted by molar-refractivity contribution is 7.50. The Morgan fingerprint density at radius 3 is 2.72 bits per heavy atom. The lowest BCUT2D eigenvalue weighted by molar-refractivity contribution is 0.0967. The van der Waals surface area contributed by atoms with Crippen LogP contribution in [-0.2, 0) is 10.7 Å². The topological polar surface area (TPSA) is 86.6 Å². The van der Waals surface area contributed by atoms with Crippen LogP contribution in [0.15, 0.2) is 24.3 Å². The number of hydrogen-bond donors (Lipinski definition) is 3. The van der Waals surface area contributed by atoms with Crippen molar-refractivity contribution < 1.29 is 19.1 Å². The summed E-state index contributed by atoms with van der Waals surface area (Å²) in [5.74, 6) is -0.160. The van der Waals surface area contributed by atoms with Gasteiger partial charge in [-0.1, -0.05) is 6.07 Å². The smallest absolute Gasteiger partial charge is 0.329 e. The Labute approximate surface area is 108 Å². The van der Waals surface area contributed by atoms with Crippen molar-refractivity contribution in [2.75, 3.05) is 7.05 Å². The first-order chi connectivity index (χ1) is 8.39. The highest BCUT2D eigenvalue weighted by Crippen LogP contribution is 2.40. The lowest BCUT2D eigenvalue weighted by atomic mass is 10.2. The minimum absolute atomic E-state index is 0.160. The maximum Gasteiger partial charge on any atom is 0.329 e. The molecule has 1 heterocycles. The van der Waals surface area contributed by atoms with E-state index in [2.05, 4.69) is 5.32 Å². The Morgan fingerprint density at radius 1 is 1.39 bits per heavy atom. The van der Waals surface area contributed by atoms with Gasteiger partial charge in [0.25, 0.3) is 5.91 Å². The van der Waals surface area contributed by atoms with Crippen LogP contribution in [0, 0.1) is 0 Å². The van der Waals surface area contributed by atoms with Crippen molar-refractivity contribution in [1.29, 1.82) is 0 Å². The summed E-state index contributed by atoms with van der Waals surface area (Å²) < 4.78 is 11.8. The highest BCUT2D eigenvalue weighted by Gasteiger charge is 2.15. The van der Waals surface area contributed by atoms with Crippen LogP contribution in [0.5, 0.6) is 0 Å². The number of benzene rings is 1. The van der Waals surface area contributed by atoms with Crippen molar-refractivity contribution in [3.8, 4) is 0 Å². The number of thiophene rings is 1. The number of rotatable bonds is 3. The van der Waals surface area contributed by atoms with Gasteiger partial charge < -0.3 is 15.1 Å². The molecule has 0 atom stereocenters. The summed E-state index contributed by atoms with van der Waals surface area (Å²) in [5, 5.41) is 3.37. The van der Waals surface area contributed by atoms with Crippen LogP contribution in [0.1, 0.15) is 15.2 Å². The van der Waals surface area contributed by atoms with Crippen molar-refractivity contribution in [1.82, 2.24) is 5.32 Å². The molecular formula is C11H12NO4PS. The summed E-state index contributed by atoms with van der Waals surface area (Å²) >= 11 is 1.35. The molecule has 0 spiro atoms. The van der Waals surface area contributed by atoms with E-state index in [1.54, 1.807) is 31.3 Å². The van der Waals surface area contributed by atoms with E-state index in [1.165, 1.54) is 11.3 Å². The molecule has 0 saturated heterocycles. The molecule has 0 saturated carbocycles. The second-order valence-electron chi connectivity index (χ2n) is 3.88. The summed E-state index contributed by atoms with van der Waals surface area (Å²) in [6.45, 7) is 0. The third kappa shape index (κ3) is 2.97. The molecule has 0 radical (unpaired) electrons. The highest BCUT2D eigenvalue weighted by atomic mass is 32.1. The molecule has 0 unspecified atom stereocenters. The second kappa shape index (κ2) is 4.82. The Hall–Kier alpha value is -1.20. The molecular weight excluding hydrogens is 273 g/mol. The Bertz CT molecular complexity index is 646. The Kier molecular flexibility index (Phi) is 3.54. The van der Waals surface area contributed by atoms with E-state index in [4.69, 9.17) is 9.79 Å². The zero-order valence-electron chi connectivity index (χ0n) is 9.58. The normalized spacial score (nSPS) is 11.7. The molecule has 1 aromatic heterocycles. The predicted molar refractivity (Wildman–Crippen MR) is 71.0 cm³/mol. The number of carbonyl (C=O) groups is 1. The van der Waals surface area contributed by atoms with Gasteiger partial charge in [-0.05, 0) is 29.1 Å². The Balaban J connectivity index is 2.39. The molecule has 0 bridgehead atoms. The summed E-state index contributed by atoms with van der Waals surface area (Å²) in [6.07, 6.45) is -0.284. The third-order valence-electron chi connectivity index (χ3n) is 2.42. The van der Waals surface area contributed by atoms with Crippen molar-refractivity contribution in [3.05, 3.63) is 34.7 Å². The zero-order chi connectivity index (χ0) is 13.3. The first-order valence-electron chi connectivity index (χ1n) is 5.18. The van der Waals surface area contributed by atoms with Crippen LogP contribution in [-0.4, -0.2) is 22.7 Å². The molecule has 0 fully saturated rings. The van der Waals surface area contributed by atoms with E-state index in [0.717, 1.165) is 10.1 Å². The molecule has 1 amide bonds. The van der Waals surface area contributed by atoms with Crippen molar-refractivity contribution >= 4 is 34.9 Å². The molecule has 2 aromatic rings. The maximum atomic E-state index is 11.5. The van der Waals surface area contributed by atoms with Gasteiger partial charge >= 0.3 is 7.60 Å². The van der Waals surface area contributed by atoms with E-state index >= 15 is 0 Å². The Morgan fingerprint density at radius 2 is 2.11 bits per heavy atom. The average molecular weight is 285 g/mol. The number of nitrogens with one attached hydrogen (secondary N) is 1. The van der Waals surface area contributed by atoms with Gasteiger partial charge in [0.2, 0.25) is 0 Å². The van der Waals surface area contributed by atoms with Gasteiger partial charge in [0, 0.05) is 11.7 Å².